The largest absolute Gasteiger partial charge is 0.338 e. The van der Waals surface area contributed by atoms with Crippen LogP contribution in [0.15, 0.2) is 36.5 Å². The van der Waals surface area contributed by atoms with Crippen LogP contribution < -0.4 is 0 Å². The number of aromatic nitrogens is 3. The van der Waals surface area contributed by atoms with Gasteiger partial charge in [-0.1, -0.05) is 54.2 Å². The summed E-state index contributed by atoms with van der Waals surface area (Å²) in [4.78, 5) is 13.0. The number of ketones is 1. The normalized spacial score (nSPS) is 13.0. The van der Waals surface area contributed by atoms with Crippen molar-refractivity contribution in [2.75, 3.05) is 20.0 Å². The van der Waals surface area contributed by atoms with Gasteiger partial charge in [-0.25, -0.2) is 4.68 Å². The smallest absolute Gasteiger partial charge is 0.286 e. The van der Waals surface area contributed by atoms with Crippen LogP contribution in [0, 0.1) is 0 Å². The van der Waals surface area contributed by atoms with Gasteiger partial charge in [0.15, 0.2) is 0 Å². The Morgan fingerprint density at radius 1 is 1.30 bits per heavy atom. The van der Waals surface area contributed by atoms with E-state index in [0.29, 0.717) is 11.4 Å². The van der Waals surface area contributed by atoms with Crippen molar-refractivity contribution < 1.29 is 14.3 Å². The average molecular weight is 335 g/mol. The van der Waals surface area contributed by atoms with Gasteiger partial charge in [-0.05, 0) is 18.2 Å². The topological polar surface area (TPSA) is 66.2 Å². The second-order valence-electron chi connectivity index (χ2n) is 4.88. The molecule has 0 saturated heterocycles. The zero-order valence-corrected chi connectivity index (χ0v) is 14.5. The molecule has 0 radical (unpaired) electrons. The summed E-state index contributed by atoms with van der Waals surface area (Å²) in [6.45, 7) is 3.90. The second-order valence-corrected chi connectivity index (χ2v) is 6.28. The van der Waals surface area contributed by atoms with E-state index in [-0.39, 0.29) is 11.8 Å². The van der Waals surface area contributed by atoms with Gasteiger partial charge in [0.05, 0.1) is 12.2 Å². The van der Waals surface area contributed by atoms with E-state index in [9.17, 15) is 4.79 Å². The van der Waals surface area contributed by atoms with Gasteiger partial charge in [-0.3, -0.25) is 4.79 Å². The fraction of sp³-hybridized carbons (Fsp3) is 0.438. The van der Waals surface area contributed by atoms with Gasteiger partial charge >= 0.3 is 0 Å². The van der Waals surface area contributed by atoms with E-state index in [1.807, 2.05) is 44.2 Å². The summed E-state index contributed by atoms with van der Waals surface area (Å²) < 4.78 is 12.3. The molecule has 7 heteroatoms. The van der Waals surface area contributed by atoms with Gasteiger partial charge in [-0.15, -0.1) is 5.10 Å². The summed E-state index contributed by atoms with van der Waals surface area (Å²) >= 11 is 1.28. The van der Waals surface area contributed by atoms with Gasteiger partial charge in [0.1, 0.15) is 5.69 Å². The Bertz CT molecular complexity index is 641. The molecule has 0 bridgehead atoms. The first-order chi connectivity index (χ1) is 11.1. The molecule has 0 aliphatic heterocycles. The molecule has 0 saturated carbocycles. The van der Waals surface area contributed by atoms with E-state index in [2.05, 4.69) is 10.3 Å². The Hall–Kier alpha value is -1.70. The lowest BCUT2D eigenvalue weighted by Gasteiger charge is -2.28. The van der Waals surface area contributed by atoms with Crippen LogP contribution in [-0.2, 0) is 9.47 Å². The SMILES string of the molecule is CCSC(OC)(OC)C(=O)c1cnnn1[C@H](C)c1ccccc1. The van der Waals surface area contributed by atoms with Crippen LogP contribution in [0.25, 0.3) is 0 Å². The minimum atomic E-state index is -1.38. The lowest BCUT2D eigenvalue weighted by atomic mass is 10.1. The number of rotatable bonds is 8. The number of carbonyl (C=O) groups is 1. The third kappa shape index (κ3) is 3.46. The first-order valence-electron chi connectivity index (χ1n) is 7.33. The molecule has 1 aromatic heterocycles. The Balaban J connectivity index is 2.38. The van der Waals surface area contributed by atoms with E-state index in [1.54, 1.807) is 4.68 Å². The standard InChI is InChI=1S/C16H21N3O3S/c1-5-23-16(21-3,22-4)15(20)14-11-17-18-19(14)12(2)13-9-7-6-8-10-13/h6-12H,5H2,1-4H3/t12-/m1/s1. The Kier molecular flexibility index (Phi) is 5.92. The third-order valence-corrected chi connectivity index (χ3v) is 4.79. The minimum Gasteiger partial charge on any atom is -0.338 e. The zero-order chi connectivity index (χ0) is 16.9. The van der Waals surface area contributed by atoms with E-state index in [1.165, 1.54) is 32.2 Å². The van der Waals surface area contributed by atoms with Crippen molar-refractivity contribution in [2.45, 2.75) is 25.0 Å². The molecular formula is C16H21N3O3S. The van der Waals surface area contributed by atoms with Crippen molar-refractivity contribution >= 4 is 17.5 Å². The Morgan fingerprint density at radius 3 is 2.52 bits per heavy atom. The predicted octanol–water partition coefficient (Wildman–Crippen LogP) is 2.77. The molecule has 1 atom stereocenters. The van der Waals surface area contributed by atoms with Crippen LogP contribution in [0.5, 0.6) is 0 Å². The summed E-state index contributed by atoms with van der Waals surface area (Å²) in [5, 5.41) is 6.60. The fourth-order valence-electron chi connectivity index (χ4n) is 2.36. The van der Waals surface area contributed by atoms with Crippen LogP contribution in [-0.4, -0.2) is 45.9 Å². The number of hydrogen-bond acceptors (Lipinski definition) is 6. The molecule has 23 heavy (non-hydrogen) atoms. The van der Waals surface area contributed by atoms with Crippen molar-refractivity contribution in [3.05, 3.63) is 47.8 Å². The van der Waals surface area contributed by atoms with Gasteiger partial charge in [0.25, 0.3) is 10.9 Å². The highest BCUT2D eigenvalue weighted by atomic mass is 32.2. The van der Waals surface area contributed by atoms with Crippen LogP contribution in [0.3, 0.4) is 0 Å². The highest BCUT2D eigenvalue weighted by Gasteiger charge is 2.42. The van der Waals surface area contributed by atoms with Crippen molar-refractivity contribution in [2.24, 2.45) is 0 Å². The molecule has 1 aromatic carbocycles. The van der Waals surface area contributed by atoms with Gasteiger partial charge in [0.2, 0.25) is 0 Å². The summed E-state index contributed by atoms with van der Waals surface area (Å²) in [7, 11) is 2.91. The molecule has 2 aromatic rings. The maximum Gasteiger partial charge on any atom is 0.286 e. The number of thioether (sulfide) groups is 1. The number of carbonyl (C=O) groups excluding carboxylic acids is 1. The van der Waals surface area contributed by atoms with Crippen molar-refractivity contribution in [1.82, 2.24) is 15.0 Å². The summed E-state index contributed by atoms with van der Waals surface area (Å²) in [6, 6.07) is 9.69. The molecule has 0 spiro atoms. The Labute approximate surface area is 140 Å². The molecule has 0 aliphatic carbocycles. The molecule has 6 nitrogen and oxygen atoms in total. The molecule has 0 unspecified atom stereocenters. The highest BCUT2D eigenvalue weighted by Crippen LogP contribution is 2.32. The predicted molar refractivity (Wildman–Crippen MR) is 89.5 cm³/mol. The first kappa shape index (κ1) is 17.7. The van der Waals surface area contributed by atoms with E-state index >= 15 is 0 Å². The first-order valence-corrected chi connectivity index (χ1v) is 8.32. The summed E-state index contributed by atoms with van der Waals surface area (Å²) in [6.07, 6.45) is 1.45. The van der Waals surface area contributed by atoms with Crippen LogP contribution in [0.1, 0.15) is 35.9 Å². The van der Waals surface area contributed by atoms with Crippen LogP contribution >= 0.6 is 11.8 Å². The van der Waals surface area contributed by atoms with E-state index < -0.39 is 5.12 Å². The summed E-state index contributed by atoms with van der Waals surface area (Å²) in [5.74, 6) is 0.366. The zero-order valence-electron chi connectivity index (χ0n) is 13.7. The van der Waals surface area contributed by atoms with Gasteiger partial charge in [0, 0.05) is 14.2 Å². The molecule has 0 N–H and O–H groups in total. The maximum absolute atomic E-state index is 13.0. The minimum absolute atomic E-state index is 0.129. The molecule has 0 aliphatic rings. The monoisotopic (exact) mass is 335 g/mol. The fourth-order valence-corrected chi connectivity index (χ4v) is 3.22. The number of benzene rings is 1. The molecular weight excluding hydrogens is 314 g/mol. The molecule has 0 fully saturated rings. The lowest BCUT2D eigenvalue weighted by molar-refractivity contribution is -0.102. The van der Waals surface area contributed by atoms with E-state index in [4.69, 9.17) is 9.47 Å². The van der Waals surface area contributed by atoms with Crippen LogP contribution in [0.2, 0.25) is 0 Å². The summed E-state index contributed by atoms with van der Waals surface area (Å²) in [5.41, 5.74) is 1.39. The molecule has 2 rings (SSSR count). The number of methoxy groups -OCH3 is 2. The lowest BCUT2D eigenvalue weighted by Crippen LogP contribution is -2.41. The van der Waals surface area contributed by atoms with Crippen molar-refractivity contribution in [3.63, 3.8) is 0 Å². The maximum atomic E-state index is 13.0. The van der Waals surface area contributed by atoms with E-state index in [0.717, 1.165) is 5.56 Å². The van der Waals surface area contributed by atoms with Crippen molar-refractivity contribution in [3.8, 4) is 0 Å². The number of ether oxygens (including phenoxy) is 2. The quantitative estimate of drug-likeness (QED) is 0.546. The Morgan fingerprint density at radius 2 is 1.96 bits per heavy atom. The molecule has 124 valence electrons. The van der Waals surface area contributed by atoms with Crippen LogP contribution in [0.4, 0.5) is 0 Å². The molecule has 0 amide bonds. The number of Topliss-reactive ketones (excluding diaryl/α,β-unsaturated/α-hetero) is 1. The van der Waals surface area contributed by atoms with Gasteiger partial charge in [-0.2, -0.15) is 0 Å². The van der Waals surface area contributed by atoms with Crippen molar-refractivity contribution in [1.29, 1.82) is 0 Å². The highest BCUT2D eigenvalue weighted by molar-refractivity contribution is 8.01. The average Bonchev–Trinajstić information content (AvgIpc) is 3.09. The molecule has 1 heterocycles. The third-order valence-electron chi connectivity index (χ3n) is 3.61. The second kappa shape index (κ2) is 7.72. The number of nitrogens with zero attached hydrogens (tertiary/aromatic N) is 3. The van der Waals surface area contributed by atoms with Gasteiger partial charge < -0.3 is 9.47 Å². The number of hydrogen-bond donors (Lipinski definition) is 0.